The number of hydrogen-bond donors (Lipinski definition) is 2. The maximum atomic E-state index is 11.8. The van der Waals surface area contributed by atoms with Crippen LogP contribution in [0.15, 0.2) is 30.3 Å². The van der Waals surface area contributed by atoms with Crippen molar-refractivity contribution in [1.82, 2.24) is 10.3 Å². The Kier molecular flexibility index (Phi) is 4.08. The van der Waals surface area contributed by atoms with Gasteiger partial charge in [0, 0.05) is 10.9 Å². The van der Waals surface area contributed by atoms with Crippen LogP contribution in [0.1, 0.15) is 26.3 Å². The maximum absolute atomic E-state index is 11.8. The number of carbonyl (C=O) groups excluding carboxylic acids is 1. The smallest absolute Gasteiger partial charge is 0.239 e. The summed E-state index contributed by atoms with van der Waals surface area (Å²) >= 11 is 0. The van der Waals surface area contributed by atoms with Crippen LogP contribution in [-0.2, 0) is 4.79 Å². The van der Waals surface area contributed by atoms with E-state index in [2.05, 4.69) is 21.7 Å². The molecule has 2 aromatic rings. The summed E-state index contributed by atoms with van der Waals surface area (Å²) in [7, 11) is 0. The van der Waals surface area contributed by atoms with Crippen LogP contribution in [0.25, 0.3) is 10.9 Å². The van der Waals surface area contributed by atoms with Gasteiger partial charge in [0.15, 0.2) is 0 Å². The van der Waals surface area contributed by atoms with E-state index in [1.807, 2.05) is 45.0 Å². The van der Waals surface area contributed by atoms with Crippen molar-refractivity contribution in [2.45, 2.75) is 26.3 Å². The fraction of sp³-hybridized carbons (Fsp3) is 0.312. The lowest BCUT2D eigenvalue weighted by molar-refractivity contribution is -0.120. The molecule has 1 aromatic carbocycles. The van der Waals surface area contributed by atoms with E-state index in [-0.39, 0.29) is 18.0 Å². The van der Waals surface area contributed by atoms with Gasteiger partial charge in [0.2, 0.25) is 5.91 Å². The van der Waals surface area contributed by atoms with Crippen molar-refractivity contribution in [3.05, 3.63) is 35.9 Å². The fourth-order valence-corrected chi connectivity index (χ4v) is 1.96. The second-order valence-electron chi connectivity index (χ2n) is 5.84. The summed E-state index contributed by atoms with van der Waals surface area (Å²) in [6.07, 6.45) is 0. The van der Waals surface area contributed by atoms with E-state index in [0.717, 1.165) is 10.9 Å². The largest absolute Gasteiger partial charge is 0.360 e. The summed E-state index contributed by atoms with van der Waals surface area (Å²) in [5.41, 5.74) is 0.931. The van der Waals surface area contributed by atoms with Crippen LogP contribution in [0.4, 0.5) is 5.82 Å². The molecule has 1 amide bonds. The number of nitrogens with zero attached hydrogens (tertiary/aromatic N) is 2. The maximum Gasteiger partial charge on any atom is 0.239 e. The Bertz CT molecular complexity index is 710. The quantitative estimate of drug-likeness (QED) is 0.906. The van der Waals surface area contributed by atoms with Crippen LogP contribution >= 0.6 is 0 Å². The van der Waals surface area contributed by atoms with Gasteiger partial charge in [0.1, 0.15) is 11.9 Å². The Hall–Kier alpha value is -2.61. The van der Waals surface area contributed by atoms with E-state index in [4.69, 9.17) is 0 Å². The second kappa shape index (κ2) is 5.80. The molecule has 0 saturated heterocycles. The third kappa shape index (κ3) is 3.93. The molecule has 0 aliphatic carbocycles. The Labute approximate surface area is 124 Å². The molecule has 0 radical (unpaired) electrons. The molecular formula is C16H18N4O. The summed E-state index contributed by atoms with van der Waals surface area (Å²) in [4.78, 5) is 16.2. The molecule has 1 heterocycles. The van der Waals surface area contributed by atoms with Gasteiger partial charge in [-0.2, -0.15) is 5.26 Å². The highest BCUT2D eigenvalue weighted by Gasteiger charge is 2.14. The number of benzene rings is 1. The molecule has 0 unspecified atom stereocenters. The van der Waals surface area contributed by atoms with Gasteiger partial charge in [-0.3, -0.25) is 4.79 Å². The molecule has 0 saturated carbocycles. The molecular weight excluding hydrogens is 264 g/mol. The van der Waals surface area contributed by atoms with Gasteiger partial charge >= 0.3 is 0 Å². The van der Waals surface area contributed by atoms with E-state index in [9.17, 15) is 10.1 Å². The lowest BCUT2D eigenvalue weighted by Gasteiger charge is -2.20. The van der Waals surface area contributed by atoms with Gasteiger partial charge in [-0.15, -0.1) is 0 Å². The average Bonchev–Trinajstić information content (AvgIpc) is 2.42. The third-order valence-electron chi connectivity index (χ3n) is 2.78. The SMILES string of the molecule is CC(C)(C)NC(=O)CNc1nc2ccccc2cc1C#N. The first-order chi connectivity index (χ1) is 9.89. The first-order valence-corrected chi connectivity index (χ1v) is 6.74. The number of nitriles is 1. The topological polar surface area (TPSA) is 77.8 Å². The summed E-state index contributed by atoms with van der Waals surface area (Å²) < 4.78 is 0. The van der Waals surface area contributed by atoms with Crippen molar-refractivity contribution in [2.75, 3.05) is 11.9 Å². The summed E-state index contributed by atoms with van der Waals surface area (Å²) in [5.74, 6) is 0.293. The van der Waals surface area contributed by atoms with Crippen molar-refractivity contribution in [3.8, 4) is 6.07 Å². The molecule has 0 fully saturated rings. The van der Waals surface area contributed by atoms with Gasteiger partial charge in [-0.25, -0.2) is 4.98 Å². The first-order valence-electron chi connectivity index (χ1n) is 6.74. The van der Waals surface area contributed by atoms with Crippen molar-refractivity contribution < 1.29 is 4.79 Å². The molecule has 2 rings (SSSR count). The van der Waals surface area contributed by atoms with E-state index < -0.39 is 0 Å². The fourth-order valence-electron chi connectivity index (χ4n) is 1.96. The Morgan fingerprint density at radius 2 is 2.05 bits per heavy atom. The van der Waals surface area contributed by atoms with E-state index in [1.54, 1.807) is 6.07 Å². The van der Waals surface area contributed by atoms with Gasteiger partial charge < -0.3 is 10.6 Å². The van der Waals surface area contributed by atoms with E-state index >= 15 is 0 Å². The highest BCUT2D eigenvalue weighted by Crippen LogP contribution is 2.19. The number of rotatable bonds is 3. The molecule has 21 heavy (non-hydrogen) atoms. The normalized spacial score (nSPS) is 11.0. The number of para-hydroxylation sites is 1. The highest BCUT2D eigenvalue weighted by molar-refractivity contribution is 5.85. The number of aromatic nitrogens is 1. The number of hydrogen-bond acceptors (Lipinski definition) is 4. The van der Waals surface area contributed by atoms with Crippen molar-refractivity contribution in [3.63, 3.8) is 0 Å². The molecule has 5 heteroatoms. The minimum atomic E-state index is -0.284. The number of nitrogens with one attached hydrogen (secondary N) is 2. The number of carbonyl (C=O) groups is 1. The summed E-state index contributed by atoms with van der Waals surface area (Å²) in [6, 6.07) is 11.4. The Morgan fingerprint density at radius 1 is 1.33 bits per heavy atom. The molecule has 5 nitrogen and oxygen atoms in total. The predicted molar refractivity (Wildman–Crippen MR) is 82.8 cm³/mol. The van der Waals surface area contributed by atoms with Crippen molar-refractivity contribution in [2.24, 2.45) is 0 Å². The molecule has 108 valence electrons. The van der Waals surface area contributed by atoms with Crippen LogP contribution in [0.5, 0.6) is 0 Å². The zero-order valence-electron chi connectivity index (χ0n) is 12.4. The third-order valence-corrected chi connectivity index (χ3v) is 2.78. The first kappa shape index (κ1) is 14.8. The van der Waals surface area contributed by atoms with Gasteiger partial charge in [-0.1, -0.05) is 18.2 Å². The Morgan fingerprint density at radius 3 is 2.71 bits per heavy atom. The number of fused-ring (bicyclic) bond motifs is 1. The minimum Gasteiger partial charge on any atom is -0.360 e. The molecule has 2 N–H and O–H groups in total. The Balaban J connectivity index is 2.18. The standard InChI is InChI=1S/C16H18N4O/c1-16(2,3)20-14(21)10-18-15-12(9-17)8-11-6-4-5-7-13(11)19-15/h4-8H,10H2,1-3H3,(H,18,19)(H,20,21). The summed E-state index contributed by atoms with van der Waals surface area (Å²) in [5, 5.41) is 15.9. The number of anilines is 1. The molecule has 1 aromatic heterocycles. The lowest BCUT2D eigenvalue weighted by Crippen LogP contribution is -2.43. The van der Waals surface area contributed by atoms with Crippen LogP contribution < -0.4 is 10.6 Å². The number of amides is 1. The molecule has 0 atom stereocenters. The molecule has 0 spiro atoms. The van der Waals surface area contributed by atoms with Crippen LogP contribution in [-0.4, -0.2) is 23.0 Å². The number of pyridine rings is 1. The average molecular weight is 282 g/mol. The van der Waals surface area contributed by atoms with E-state index in [0.29, 0.717) is 11.4 Å². The monoisotopic (exact) mass is 282 g/mol. The summed E-state index contributed by atoms with van der Waals surface area (Å²) in [6.45, 7) is 5.83. The minimum absolute atomic E-state index is 0.0806. The van der Waals surface area contributed by atoms with Crippen LogP contribution in [0.2, 0.25) is 0 Å². The van der Waals surface area contributed by atoms with Gasteiger partial charge in [0.25, 0.3) is 0 Å². The second-order valence-corrected chi connectivity index (χ2v) is 5.84. The van der Waals surface area contributed by atoms with Crippen LogP contribution in [0, 0.1) is 11.3 Å². The van der Waals surface area contributed by atoms with Crippen molar-refractivity contribution >= 4 is 22.6 Å². The van der Waals surface area contributed by atoms with Crippen molar-refractivity contribution in [1.29, 1.82) is 5.26 Å². The highest BCUT2D eigenvalue weighted by atomic mass is 16.2. The van der Waals surface area contributed by atoms with Crippen LogP contribution in [0.3, 0.4) is 0 Å². The predicted octanol–water partition coefficient (Wildman–Crippen LogP) is 2.43. The van der Waals surface area contributed by atoms with Gasteiger partial charge in [0.05, 0.1) is 17.6 Å². The molecule has 0 aliphatic rings. The zero-order valence-corrected chi connectivity index (χ0v) is 12.4. The lowest BCUT2D eigenvalue weighted by atomic mass is 10.1. The zero-order chi connectivity index (χ0) is 15.5. The van der Waals surface area contributed by atoms with Gasteiger partial charge in [-0.05, 0) is 32.9 Å². The van der Waals surface area contributed by atoms with E-state index in [1.165, 1.54) is 0 Å². The molecule has 0 bridgehead atoms. The molecule has 0 aliphatic heterocycles.